The third-order valence-electron chi connectivity index (χ3n) is 25.6. The van der Waals surface area contributed by atoms with Gasteiger partial charge in [0.15, 0.2) is 10.2 Å². The number of nitrogens with one attached hydrogen (secondary N) is 4. The van der Waals surface area contributed by atoms with E-state index in [0.29, 0.717) is 61.4 Å². The summed E-state index contributed by atoms with van der Waals surface area (Å²) in [4.78, 5) is 102. The van der Waals surface area contributed by atoms with Crippen molar-refractivity contribution < 1.29 is 140 Å². The Kier molecular flexibility index (Phi) is 63.5. The molecule has 2 heterocycles. The smallest absolute Gasteiger partial charge is 1.00 e. The van der Waals surface area contributed by atoms with Crippen LogP contribution in [0.3, 0.4) is 0 Å². The van der Waals surface area contributed by atoms with Gasteiger partial charge in [0.2, 0.25) is 0 Å². The second-order valence-electron chi connectivity index (χ2n) is 36.0. The van der Waals surface area contributed by atoms with E-state index in [4.69, 9.17) is 56.7 Å². The Bertz CT molecular complexity index is 4080. The first kappa shape index (κ1) is 126. The van der Waals surface area contributed by atoms with Crippen molar-refractivity contribution in [3.63, 3.8) is 0 Å². The van der Waals surface area contributed by atoms with E-state index >= 15 is 0 Å². The molecule has 14 fully saturated rings. The van der Waals surface area contributed by atoms with Gasteiger partial charge >= 0.3 is 64.5 Å². The number of Topliss-reactive ketones (excluding diaryl/α,β-unsaturated/α-hetero) is 1. The quantitative estimate of drug-likeness (QED) is 0.00763. The van der Waals surface area contributed by atoms with Crippen molar-refractivity contribution in [1.29, 1.82) is 0 Å². The maximum Gasteiger partial charge on any atom is 1.00 e. The third kappa shape index (κ3) is 46.1. The molecule has 0 unspecified atom stereocenters. The van der Waals surface area contributed by atoms with Crippen molar-refractivity contribution in [2.24, 2.45) is 76.7 Å². The van der Waals surface area contributed by atoms with Crippen molar-refractivity contribution in [2.75, 3.05) is 92.1 Å². The van der Waals surface area contributed by atoms with Gasteiger partial charge in [0.05, 0.1) is 58.8 Å². The van der Waals surface area contributed by atoms with Crippen LogP contribution >= 0.6 is 120 Å². The molecular formula is C100H147Cl2N7NaO19S9+. The number of carbonyl (C=O) groups is 9. The number of amides is 4. The molecule has 5 aromatic carbocycles. The predicted octanol–water partition coefficient (Wildman–Crippen LogP) is 10.7. The number of carbonyl (C=O) groups excluding carboxylic acids is 9. The summed E-state index contributed by atoms with van der Waals surface area (Å²) in [7, 11) is 0. The summed E-state index contributed by atoms with van der Waals surface area (Å²) in [6.45, 7) is 16.2. The molecule has 26 nitrogen and oxygen atoms in total. The van der Waals surface area contributed by atoms with Crippen LogP contribution in [0.15, 0.2) is 152 Å². The van der Waals surface area contributed by atoms with E-state index in [-0.39, 0.29) is 140 Å². The maximum atomic E-state index is 12.1. The van der Waals surface area contributed by atoms with Gasteiger partial charge in [0.1, 0.15) is 51.8 Å². The van der Waals surface area contributed by atoms with Crippen LogP contribution in [0, 0.1) is 77.9 Å². The zero-order chi connectivity index (χ0) is 98.1. The molecule has 2 spiro atoms. The molecule has 2 aliphatic heterocycles. The fourth-order valence-corrected chi connectivity index (χ4v) is 29.4. The zero-order valence-corrected chi connectivity index (χ0v) is 91.6. The van der Waals surface area contributed by atoms with Gasteiger partial charge < -0.3 is 99.6 Å². The molecule has 764 valence electrons. The number of alkyl carbamates (subject to hydrolysis) is 4. The number of benzene rings is 5. The molecule has 14 aliphatic rings. The van der Waals surface area contributed by atoms with Crippen LogP contribution in [-0.4, -0.2) is 218 Å². The van der Waals surface area contributed by atoms with E-state index in [1.54, 1.807) is 32.1 Å². The minimum Gasteiger partial charge on any atom is -1.00 e. The van der Waals surface area contributed by atoms with Crippen LogP contribution in [-0.2, 0) is 75.9 Å². The van der Waals surface area contributed by atoms with Crippen LogP contribution in [0.1, 0.15) is 159 Å². The largest absolute Gasteiger partial charge is 1.00 e. The van der Waals surface area contributed by atoms with Gasteiger partial charge in [-0.15, -0.1) is 47.0 Å². The molecule has 2 saturated heterocycles. The second kappa shape index (κ2) is 69.6. The number of halogens is 2. The Balaban J connectivity index is 0.000000330. The number of hydrogen-bond donors (Lipinski definition) is 13. The number of ketones is 1. The molecule has 4 amide bonds. The molecule has 138 heavy (non-hydrogen) atoms. The number of aliphatic hydroxyl groups excluding tert-OH is 4. The monoisotopic (exact) mass is 2130 g/mol. The van der Waals surface area contributed by atoms with Gasteiger partial charge in [-0.3, -0.25) is 14.4 Å². The summed E-state index contributed by atoms with van der Waals surface area (Å²) in [5.74, 6) is 18.4. The van der Waals surface area contributed by atoms with Crippen molar-refractivity contribution in [1.82, 2.24) is 26.2 Å². The topological polar surface area (TPSA) is 416 Å². The van der Waals surface area contributed by atoms with Crippen molar-refractivity contribution in [3.05, 3.63) is 186 Å². The number of hydrogen-bond acceptors (Lipinski definition) is 29. The number of thiol groups is 3. The van der Waals surface area contributed by atoms with Crippen LogP contribution < -0.4 is 74.7 Å². The van der Waals surface area contributed by atoms with E-state index in [2.05, 4.69) is 149 Å². The van der Waals surface area contributed by atoms with Gasteiger partial charge in [-0.2, -0.15) is 25.3 Å². The first-order chi connectivity index (χ1) is 65.0. The standard InChI is InChI=1S/C21H27NO2S2.C15H19NO4S2.C13H21NS2.C11H15NO4.C11H15NO2S2.C10H14O.C8H7ClO2.C6H15N.C3H9NO2.C2H2OS.ClH.Na.H2O/c23-20(24-11-14-4-2-1-3-5-14)22-19-12-25-21(26-13-19)17-7-15-6-16(9-17)10-18(21)8-15;1-11(17)21-9-14(10-22-12(2)18)16-15(19)20-8-13-6-4-3-5-7-13;14-12-6-15-13(16-7-12)10-2-8-1-9(4-10)5-11(13)3-8;13-6-10(7-14)12-11(15)16-8-9-4-2-1-3-5-9;13-11(12-10(7-15)8-16)14-6-9-4-2-1-3-5-9;11-10-8-2-6-1-7(4-8)5-9(10)3-6;9-8(10)11-6-7-4-2-1-3-5-7;1-4-7(5-2)6-3;4-3(1-5)2-6;1-2(3)4;;;/h1-5,15-19H,6-13H2,(H,22,23);3-7,14H,8-10H2,1-2H3,(H,16,19);8-12H,1-7,14H2;1-5,10,13-14H,6-8H2,(H,12,15);1-5,10,15-16H,6-8H2,(H,12,13);6-9H,1-5H2;1-5H,6H2;4-6H2,1-3H3;3,5-6H,1-2,4H2;1H2;1H;;1H2/q;;;;;;;;;;;+1;. The SMILES string of the molecule is CC(=O)SCC(CSC(C)=O)NC(=O)OCc1ccccc1.CCN(CC)CC.NC(CO)CO.O=C(Cl)OCc1ccccc1.O=C(NC(CO)CO)OCc1ccccc1.O=C(NC(CS)CS)OCc1ccccc1.O=C(NC1CSC2(SC1)C1CC3CC(C1)CC2C3)OCc1ccccc1.O=C1C2CC3CC(C2)CC1C3.[CH2+]C(=O)S.[Cl-].[NH3+]C1CSC2(SC1)C1CC3CC(C1)CC2C3.[Na+].[OH-]. The van der Waals surface area contributed by atoms with E-state index in [9.17, 15) is 43.2 Å². The summed E-state index contributed by atoms with van der Waals surface area (Å²) < 4.78 is 26.1. The Morgan fingerprint density at radius 3 is 0.986 bits per heavy atom. The third-order valence-corrected chi connectivity index (χ3v) is 36.8. The molecule has 12 bridgehead atoms. The summed E-state index contributed by atoms with van der Waals surface area (Å²) in [6, 6.07) is 46.8. The molecule has 0 atom stereocenters. The Labute approximate surface area is 893 Å². The second-order valence-corrected chi connectivity index (χ2v) is 45.6. The first-order valence-electron chi connectivity index (χ1n) is 47.1. The van der Waals surface area contributed by atoms with E-state index in [1.165, 1.54) is 109 Å². The molecule has 19 rings (SSSR count). The van der Waals surface area contributed by atoms with E-state index in [1.807, 2.05) is 152 Å². The predicted molar refractivity (Wildman–Crippen MR) is 560 cm³/mol. The fourth-order valence-electron chi connectivity index (χ4n) is 19.5. The Hall–Kier alpha value is -4.39. The van der Waals surface area contributed by atoms with Crippen LogP contribution in [0.4, 0.5) is 24.0 Å². The van der Waals surface area contributed by atoms with Gasteiger partial charge in [0, 0.05) is 89.3 Å². The number of quaternary nitrogens is 1. The van der Waals surface area contributed by atoms with E-state index < -0.39 is 35.8 Å². The van der Waals surface area contributed by atoms with Crippen molar-refractivity contribution in [2.45, 2.75) is 208 Å². The van der Waals surface area contributed by atoms with Crippen LogP contribution in [0.2, 0.25) is 0 Å². The fraction of sp³-hybridized carbons (Fsp3) is 0.600. The minimum absolute atomic E-state index is 0. The zero-order valence-electron chi connectivity index (χ0n) is 80.5. The van der Waals surface area contributed by atoms with Crippen molar-refractivity contribution in [3.8, 4) is 0 Å². The van der Waals surface area contributed by atoms with Gasteiger partial charge in [-0.25, -0.2) is 28.8 Å². The summed E-state index contributed by atoms with van der Waals surface area (Å²) in [5.41, 5.74) is 13.2. The molecule has 0 radical (unpaired) electrons. The first-order valence-corrected chi connectivity index (χ1v) is 55.1. The molecule has 38 heteroatoms. The number of nitrogens with zero attached hydrogens (tertiary/aromatic N) is 1. The summed E-state index contributed by atoms with van der Waals surface area (Å²) in [6.07, 6.45) is 19.7. The maximum absolute atomic E-state index is 12.1. The van der Waals surface area contributed by atoms with Crippen LogP contribution in [0.5, 0.6) is 0 Å². The van der Waals surface area contributed by atoms with Crippen molar-refractivity contribution >= 4 is 171 Å². The molecule has 14 N–H and O–H groups in total. The number of aliphatic hydroxyl groups is 4. The van der Waals surface area contributed by atoms with Gasteiger partial charge in [-0.1, -0.05) is 209 Å². The van der Waals surface area contributed by atoms with Gasteiger partial charge in [-0.05, 0) is 203 Å². The molecule has 0 aromatic heterocycles. The average molecular weight is 2130 g/mol. The molecule has 12 aliphatic carbocycles. The van der Waals surface area contributed by atoms with E-state index in [0.717, 1.165) is 122 Å². The number of rotatable bonds is 27. The average Bonchev–Trinajstić information content (AvgIpc) is 0.727. The molecular weight excluding hydrogens is 1990 g/mol. The van der Waals surface area contributed by atoms with Crippen LogP contribution in [0.25, 0.3) is 0 Å². The Morgan fingerprint density at radius 2 is 0.732 bits per heavy atom. The number of nitrogens with two attached hydrogens (primary N) is 1. The number of thioether (sulfide) groups is 6. The molecule has 5 aromatic rings. The molecule has 12 saturated carbocycles. The summed E-state index contributed by atoms with van der Waals surface area (Å²) >= 11 is 27.5. The normalized spacial score (nSPS) is 24.7. The summed E-state index contributed by atoms with van der Waals surface area (Å²) in [5, 5.41) is 43.9. The minimum atomic E-state index is -0.770. The number of ether oxygens (including phenoxy) is 5. The van der Waals surface area contributed by atoms with Gasteiger partial charge in [0.25, 0.3) is 0 Å². The Morgan fingerprint density at radius 1 is 0.464 bits per heavy atom.